The Hall–Kier alpha value is -0.940. The van der Waals surface area contributed by atoms with E-state index in [1.165, 1.54) is 39.1 Å². The number of rotatable bonds is 4. The number of Topliss-reactive ketones (excluding diaryl/α,β-unsaturated/α-hetero) is 1. The number of hydrogen-bond donors (Lipinski definition) is 0. The number of amides is 1. The van der Waals surface area contributed by atoms with Crippen LogP contribution in [0.3, 0.4) is 0 Å². The van der Waals surface area contributed by atoms with Gasteiger partial charge in [-0.05, 0) is 77.9 Å². The summed E-state index contributed by atoms with van der Waals surface area (Å²) >= 11 is 0. The van der Waals surface area contributed by atoms with Crippen molar-refractivity contribution >= 4 is 11.7 Å². The van der Waals surface area contributed by atoms with Crippen LogP contribution in [0.1, 0.15) is 51.9 Å². The first-order valence-electron chi connectivity index (χ1n) is 10.7. The molecule has 1 aliphatic carbocycles. The van der Waals surface area contributed by atoms with Crippen molar-refractivity contribution in [3.63, 3.8) is 0 Å². The number of carbonyl (C=O) groups is 2. The lowest BCUT2D eigenvalue weighted by molar-refractivity contribution is -0.139. The molecule has 0 aromatic rings. The van der Waals surface area contributed by atoms with Crippen molar-refractivity contribution in [2.75, 3.05) is 52.9 Å². The summed E-state index contributed by atoms with van der Waals surface area (Å²) in [5.41, 5.74) is 0. The minimum absolute atomic E-state index is 0.170. The van der Waals surface area contributed by atoms with Gasteiger partial charge in [0.2, 0.25) is 5.91 Å². The van der Waals surface area contributed by atoms with Crippen molar-refractivity contribution in [3.8, 4) is 0 Å². The van der Waals surface area contributed by atoms with Crippen molar-refractivity contribution in [2.45, 2.75) is 51.9 Å². The molecule has 5 nitrogen and oxygen atoms in total. The van der Waals surface area contributed by atoms with Gasteiger partial charge in [0, 0.05) is 44.6 Å². The number of ketones is 1. The zero-order valence-electron chi connectivity index (χ0n) is 16.8. The average molecular weight is 364 g/mol. The van der Waals surface area contributed by atoms with Gasteiger partial charge in [0.15, 0.2) is 0 Å². The highest BCUT2D eigenvalue weighted by molar-refractivity contribution is 5.81. The number of likely N-dealkylation sites (tertiary alicyclic amines) is 1. The van der Waals surface area contributed by atoms with Crippen LogP contribution in [0, 0.1) is 17.8 Å². The smallest absolute Gasteiger partial charge is 0.225 e. The molecule has 0 spiro atoms. The zero-order chi connectivity index (χ0) is 18.5. The molecule has 2 saturated heterocycles. The lowest BCUT2D eigenvalue weighted by atomic mass is 9.79. The topological polar surface area (TPSA) is 43.9 Å². The Bertz CT molecular complexity index is 480. The van der Waals surface area contributed by atoms with Gasteiger partial charge in [-0.1, -0.05) is 0 Å². The lowest BCUT2D eigenvalue weighted by Gasteiger charge is -2.37. The third-order valence-electron chi connectivity index (χ3n) is 6.91. The first-order chi connectivity index (χ1) is 12.5. The molecule has 0 N–H and O–H groups in total. The van der Waals surface area contributed by atoms with Crippen molar-refractivity contribution < 1.29 is 9.59 Å². The fourth-order valence-electron chi connectivity index (χ4n) is 4.99. The summed E-state index contributed by atoms with van der Waals surface area (Å²) in [6.45, 7) is 9.58. The van der Waals surface area contributed by atoms with E-state index in [9.17, 15) is 9.59 Å². The summed E-state index contributed by atoms with van der Waals surface area (Å²) in [6.07, 6.45) is 7.21. The molecule has 2 heterocycles. The van der Waals surface area contributed by atoms with E-state index >= 15 is 0 Å². The quantitative estimate of drug-likeness (QED) is 0.768. The average Bonchev–Trinajstić information content (AvgIpc) is 2.86. The number of hydrogen-bond acceptors (Lipinski definition) is 4. The van der Waals surface area contributed by atoms with Crippen molar-refractivity contribution in [2.24, 2.45) is 17.8 Å². The molecule has 0 aromatic heterocycles. The molecule has 3 rings (SSSR count). The van der Waals surface area contributed by atoms with Gasteiger partial charge in [-0.15, -0.1) is 0 Å². The van der Waals surface area contributed by atoms with E-state index in [4.69, 9.17) is 0 Å². The summed E-state index contributed by atoms with van der Waals surface area (Å²) in [5, 5.41) is 0. The summed E-state index contributed by atoms with van der Waals surface area (Å²) in [6, 6.07) is 0. The molecule has 5 heteroatoms. The Balaban J connectivity index is 1.39. The molecule has 148 valence electrons. The van der Waals surface area contributed by atoms with Crippen LogP contribution in [0.5, 0.6) is 0 Å². The number of piperidine rings is 1. The van der Waals surface area contributed by atoms with Crippen LogP contribution in [0.2, 0.25) is 0 Å². The van der Waals surface area contributed by atoms with E-state index in [-0.39, 0.29) is 11.8 Å². The Morgan fingerprint density at radius 2 is 1.46 bits per heavy atom. The fraction of sp³-hybridized carbons (Fsp3) is 0.905. The highest BCUT2D eigenvalue weighted by atomic mass is 16.2. The van der Waals surface area contributed by atoms with Crippen LogP contribution in [-0.4, -0.2) is 79.3 Å². The molecule has 1 amide bonds. The maximum atomic E-state index is 12.8. The molecule has 0 unspecified atom stereocenters. The van der Waals surface area contributed by atoms with Gasteiger partial charge in [-0.25, -0.2) is 0 Å². The normalized spacial score (nSPS) is 30.2. The Kier molecular flexibility index (Phi) is 7.10. The Morgan fingerprint density at radius 1 is 0.808 bits per heavy atom. The van der Waals surface area contributed by atoms with Crippen molar-refractivity contribution in [1.82, 2.24) is 14.7 Å². The third kappa shape index (κ3) is 5.29. The van der Waals surface area contributed by atoms with Crippen LogP contribution in [0.25, 0.3) is 0 Å². The lowest BCUT2D eigenvalue weighted by Crippen LogP contribution is -2.45. The molecular weight excluding hydrogens is 326 g/mol. The van der Waals surface area contributed by atoms with E-state index in [0.717, 1.165) is 57.5 Å². The van der Waals surface area contributed by atoms with Crippen LogP contribution < -0.4 is 0 Å². The Morgan fingerprint density at radius 3 is 2.12 bits per heavy atom. The second kappa shape index (κ2) is 9.32. The van der Waals surface area contributed by atoms with Crippen molar-refractivity contribution in [3.05, 3.63) is 0 Å². The summed E-state index contributed by atoms with van der Waals surface area (Å²) in [4.78, 5) is 31.5. The van der Waals surface area contributed by atoms with Gasteiger partial charge in [0.25, 0.3) is 0 Å². The van der Waals surface area contributed by atoms with Crippen LogP contribution >= 0.6 is 0 Å². The van der Waals surface area contributed by atoms with Crippen LogP contribution in [-0.2, 0) is 9.59 Å². The number of carbonyl (C=O) groups excluding carboxylic acids is 2. The maximum absolute atomic E-state index is 12.8. The van der Waals surface area contributed by atoms with Gasteiger partial charge < -0.3 is 14.7 Å². The molecule has 0 bridgehead atoms. The predicted octanol–water partition coefficient (Wildman–Crippen LogP) is 2.26. The van der Waals surface area contributed by atoms with E-state index < -0.39 is 0 Å². The van der Waals surface area contributed by atoms with Gasteiger partial charge in [0.05, 0.1) is 0 Å². The van der Waals surface area contributed by atoms with Gasteiger partial charge in [0.1, 0.15) is 5.78 Å². The zero-order valence-corrected chi connectivity index (χ0v) is 16.8. The second-order valence-corrected chi connectivity index (χ2v) is 8.89. The minimum Gasteiger partial charge on any atom is -0.342 e. The van der Waals surface area contributed by atoms with Crippen LogP contribution in [0.15, 0.2) is 0 Å². The maximum Gasteiger partial charge on any atom is 0.225 e. The van der Waals surface area contributed by atoms with E-state index in [1.807, 2.05) is 0 Å². The summed E-state index contributed by atoms with van der Waals surface area (Å²) in [7, 11) is 2.22. The number of likely N-dealkylation sites (N-methyl/N-ethyl adjacent to an activating group) is 1. The number of nitrogens with zero attached hydrogens (tertiary/aromatic N) is 3. The monoisotopic (exact) mass is 363 g/mol. The second-order valence-electron chi connectivity index (χ2n) is 8.89. The molecule has 3 aliphatic rings. The summed E-state index contributed by atoms with van der Waals surface area (Å²) < 4.78 is 0. The third-order valence-corrected chi connectivity index (χ3v) is 6.91. The first kappa shape index (κ1) is 19.8. The largest absolute Gasteiger partial charge is 0.342 e. The molecule has 2 aliphatic heterocycles. The standard InChI is InChI=1S/C21H37N3O2/c1-17(25)19-4-6-20(7-5-19)21(26)24-12-8-18(9-13-24)16-23-11-3-10-22(2)14-15-23/h18-20H,3-16H2,1-2H3. The van der Waals surface area contributed by atoms with Gasteiger partial charge >= 0.3 is 0 Å². The van der Waals surface area contributed by atoms with E-state index in [1.54, 1.807) is 6.92 Å². The first-order valence-corrected chi connectivity index (χ1v) is 10.7. The van der Waals surface area contributed by atoms with Crippen LogP contribution in [0.4, 0.5) is 0 Å². The van der Waals surface area contributed by atoms with Gasteiger partial charge in [-0.2, -0.15) is 0 Å². The molecule has 1 saturated carbocycles. The summed E-state index contributed by atoms with van der Waals surface area (Å²) in [5.74, 6) is 1.79. The molecule has 26 heavy (non-hydrogen) atoms. The predicted molar refractivity (Wildman–Crippen MR) is 104 cm³/mol. The molecule has 0 atom stereocenters. The van der Waals surface area contributed by atoms with Crippen molar-refractivity contribution in [1.29, 1.82) is 0 Å². The minimum atomic E-state index is 0.170. The molecule has 0 aromatic carbocycles. The van der Waals surface area contributed by atoms with E-state index in [2.05, 4.69) is 21.7 Å². The molecular formula is C21H37N3O2. The Labute approximate surface area is 159 Å². The van der Waals surface area contributed by atoms with Gasteiger partial charge in [-0.3, -0.25) is 9.59 Å². The molecule has 0 radical (unpaired) electrons. The van der Waals surface area contributed by atoms with E-state index in [0.29, 0.717) is 11.7 Å². The SMILES string of the molecule is CC(=O)C1CCC(C(=O)N2CCC(CN3CCCN(C)CC3)CC2)CC1. The highest BCUT2D eigenvalue weighted by Crippen LogP contribution is 2.31. The fourth-order valence-corrected chi connectivity index (χ4v) is 4.99. The highest BCUT2D eigenvalue weighted by Gasteiger charge is 2.32. The molecule has 3 fully saturated rings.